The Morgan fingerprint density at radius 2 is 1.77 bits per heavy atom. The maximum Gasteiger partial charge on any atom is 0.336 e. The van der Waals surface area contributed by atoms with E-state index in [4.69, 9.17) is 4.74 Å². The number of carboxylic acid groups (broad SMARTS) is 1. The lowest BCUT2D eigenvalue weighted by molar-refractivity contribution is 0.0697. The van der Waals surface area contributed by atoms with Crippen LogP contribution in [0.1, 0.15) is 24.2 Å². The molecule has 30 heavy (non-hydrogen) atoms. The van der Waals surface area contributed by atoms with Crippen molar-refractivity contribution in [2.75, 3.05) is 0 Å². The molecule has 0 aliphatic carbocycles. The summed E-state index contributed by atoms with van der Waals surface area (Å²) in [5.41, 5.74) is 2.63. The van der Waals surface area contributed by atoms with Gasteiger partial charge in [0.25, 0.3) is 0 Å². The lowest BCUT2D eigenvalue weighted by atomic mass is 10.0. The van der Waals surface area contributed by atoms with Gasteiger partial charge in [-0.3, -0.25) is 0 Å². The summed E-state index contributed by atoms with van der Waals surface area (Å²) >= 11 is 0. The van der Waals surface area contributed by atoms with E-state index in [1.54, 1.807) is 30.5 Å². The number of fused-ring (bicyclic) bond motifs is 1. The van der Waals surface area contributed by atoms with Crippen LogP contribution in [0, 0.1) is 5.82 Å². The Hall–Kier alpha value is -3.80. The quantitative estimate of drug-likeness (QED) is 0.471. The van der Waals surface area contributed by atoms with Crippen LogP contribution >= 0.6 is 0 Å². The molecular weight excluding hydrogens is 383 g/mol. The second-order valence-electron chi connectivity index (χ2n) is 7.09. The molecule has 4 rings (SSSR count). The van der Waals surface area contributed by atoms with E-state index in [1.807, 2.05) is 32.0 Å². The van der Waals surface area contributed by atoms with Gasteiger partial charge in [0, 0.05) is 34.3 Å². The number of nitrogens with zero attached hydrogens (tertiary/aromatic N) is 2. The summed E-state index contributed by atoms with van der Waals surface area (Å²) in [6, 6.07) is 16.6. The molecule has 1 aromatic heterocycles. The number of hydrogen-bond acceptors (Lipinski definition) is 4. The first-order chi connectivity index (χ1) is 14.4. The molecule has 0 aliphatic heterocycles. The smallest absolute Gasteiger partial charge is 0.336 e. The molecule has 1 N–H and O–H groups in total. The molecule has 0 spiro atoms. The van der Waals surface area contributed by atoms with Gasteiger partial charge in [0.2, 0.25) is 0 Å². The van der Waals surface area contributed by atoms with Crippen LogP contribution in [-0.4, -0.2) is 27.1 Å². The molecule has 1 heterocycles. The number of benzene rings is 3. The van der Waals surface area contributed by atoms with E-state index in [1.165, 1.54) is 18.2 Å². The molecule has 0 bridgehead atoms. The molecule has 6 heteroatoms. The number of carbonyl (C=O) groups is 1. The van der Waals surface area contributed by atoms with Crippen LogP contribution in [0.5, 0.6) is 5.75 Å². The summed E-state index contributed by atoms with van der Waals surface area (Å²) in [4.78, 5) is 20.7. The highest BCUT2D eigenvalue weighted by molar-refractivity contribution is 5.98. The fraction of sp³-hybridized carbons (Fsp3) is 0.125. The van der Waals surface area contributed by atoms with E-state index in [2.05, 4.69) is 9.97 Å². The molecule has 150 valence electrons. The minimum Gasteiger partial charge on any atom is -0.490 e. The van der Waals surface area contributed by atoms with Gasteiger partial charge in [-0.05, 0) is 32.0 Å². The van der Waals surface area contributed by atoms with Crippen LogP contribution in [0.4, 0.5) is 4.39 Å². The van der Waals surface area contributed by atoms with Gasteiger partial charge in [0.15, 0.2) is 5.82 Å². The van der Waals surface area contributed by atoms with Crippen LogP contribution in [0.3, 0.4) is 0 Å². The Bertz CT molecular complexity index is 1250. The number of aromatic nitrogens is 2. The summed E-state index contributed by atoms with van der Waals surface area (Å²) in [5, 5.41) is 10.3. The Morgan fingerprint density at radius 3 is 2.53 bits per heavy atom. The second kappa shape index (κ2) is 7.91. The van der Waals surface area contributed by atoms with E-state index in [0.717, 1.165) is 10.9 Å². The number of ether oxygens (including phenoxy) is 1. The first-order valence-electron chi connectivity index (χ1n) is 9.49. The van der Waals surface area contributed by atoms with Crippen molar-refractivity contribution in [2.45, 2.75) is 20.0 Å². The molecule has 0 saturated heterocycles. The lowest BCUT2D eigenvalue weighted by Crippen LogP contribution is -2.07. The minimum atomic E-state index is -1.05. The number of para-hydroxylation sites is 1. The molecule has 0 aliphatic rings. The topological polar surface area (TPSA) is 72.3 Å². The molecule has 3 aromatic carbocycles. The second-order valence-corrected chi connectivity index (χ2v) is 7.09. The molecule has 0 radical (unpaired) electrons. The molecule has 4 aromatic rings. The van der Waals surface area contributed by atoms with Crippen LogP contribution in [0.15, 0.2) is 66.9 Å². The van der Waals surface area contributed by atoms with Gasteiger partial charge in [-0.25, -0.2) is 19.2 Å². The van der Waals surface area contributed by atoms with Crippen LogP contribution in [0.25, 0.3) is 33.4 Å². The summed E-state index contributed by atoms with van der Waals surface area (Å²) in [6.45, 7) is 3.75. The van der Waals surface area contributed by atoms with Crippen molar-refractivity contribution >= 4 is 16.9 Å². The van der Waals surface area contributed by atoms with E-state index in [-0.39, 0.29) is 17.5 Å². The van der Waals surface area contributed by atoms with Gasteiger partial charge >= 0.3 is 5.97 Å². The number of carboxylic acids is 1. The predicted molar refractivity (Wildman–Crippen MR) is 113 cm³/mol. The van der Waals surface area contributed by atoms with E-state index in [0.29, 0.717) is 28.2 Å². The number of rotatable bonds is 5. The first-order valence-corrected chi connectivity index (χ1v) is 9.49. The first kappa shape index (κ1) is 19.5. The molecule has 0 fully saturated rings. The van der Waals surface area contributed by atoms with Crippen molar-refractivity contribution in [3.63, 3.8) is 0 Å². The third kappa shape index (κ3) is 3.72. The molecule has 0 amide bonds. The van der Waals surface area contributed by atoms with E-state index < -0.39 is 5.97 Å². The fourth-order valence-electron chi connectivity index (χ4n) is 3.34. The zero-order valence-electron chi connectivity index (χ0n) is 16.5. The normalized spacial score (nSPS) is 11.1. The Morgan fingerprint density at radius 1 is 1.00 bits per heavy atom. The van der Waals surface area contributed by atoms with Crippen LogP contribution in [0.2, 0.25) is 0 Å². The van der Waals surface area contributed by atoms with Crippen molar-refractivity contribution in [2.24, 2.45) is 0 Å². The van der Waals surface area contributed by atoms with Gasteiger partial charge in [-0.2, -0.15) is 0 Å². The maximum absolute atomic E-state index is 13.9. The highest BCUT2D eigenvalue weighted by atomic mass is 19.1. The Labute approximate surface area is 172 Å². The van der Waals surface area contributed by atoms with E-state index in [9.17, 15) is 14.3 Å². The number of aromatic carboxylic acids is 1. The number of hydrogen-bond donors (Lipinski definition) is 1. The van der Waals surface area contributed by atoms with Crippen molar-refractivity contribution in [3.8, 4) is 28.3 Å². The highest BCUT2D eigenvalue weighted by Gasteiger charge is 2.17. The summed E-state index contributed by atoms with van der Waals surface area (Å²) < 4.78 is 19.7. The van der Waals surface area contributed by atoms with Gasteiger partial charge < -0.3 is 9.84 Å². The third-order valence-corrected chi connectivity index (χ3v) is 4.61. The largest absolute Gasteiger partial charge is 0.490 e. The summed E-state index contributed by atoms with van der Waals surface area (Å²) in [6.07, 6.45) is 1.53. The lowest BCUT2D eigenvalue weighted by Gasteiger charge is -2.16. The predicted octanol–water partition coefficient (Wildman–Crippen LogP) is 5.59. The third-order valence-electron chi connectivity index (χ3n) is 4.61. The Balaban J connectivity index is 1.94. The summed E-state index contributed by atoms with van der Waals surface area (Å²) in [5.74, 6) is -0.709. The molecule has 0 saturated carbocycles. The van der Waals surface area contributed by atoms with Gasteiger partial charge in [0.05, 0.1) is 17.2 Å². The van der Waals surface area contributed by atoms with Gasteiger partial charge in [-0.15, -0.1) is 0 Å². The average Bonchev–Trinajstić information content (AvgIpc) is 2.73. The van der Waals surface area contributed by atoms with Crippen molar-refractivity contribution < 1.29 is 19.0 Å². The standard InChI is InChI=1S/C24H19FN2O3/c1-14(2)30-21-12-16(25)10-11-17(21)18-9-5-6-15-13-26-23(27-22(15)18)19-7-3-4-8-20(19)24(28)29/h3-14H,1-2H3,(H,28,29). The van der Waals surface area contributed by atoms with Crippen LogP contribution < -0.4 is 4.74 Å². The van der Waals surface area contributed by atoms with Crippen molar-refractivity contribution in [1.82, 2.24) is 9.97 Å². The molecule has 5 nitrogen and oxygen atoms in total. The summed E-state index contributed by atoms with van der Waals surface area (Å²) in [7, 11) is 0. The van der Waals surface area contributed by atoms with E-state index >= 15 is 0 Å². The zero-order chi connectivity index (χ0) is 21.3. The average molecular weight is 402 g/mol. The molecule has 0 unspecified atom stereocenters. The van der Waals surface area contributed by atoms with Crippen LogP contribution in [-0.2, 0) is 0 Å². The Kier molecular flexibility index (Phi) is 5.14. The van der Waals surface area contributed by atoms with Crippen molar-refractivity contribution in [3.05, 3.63) is 78.2 Å². The zero-order valence-corrected chi connectivity index (χ0v) is 16.5. The monoisotopic (exact) mass is 402 g/mol. The number of halogens is 1. The van der Waals surface area contributed by atoms with Gasteiger partial charge in [-0.1, -0.05) is 36.4 Å². The minimum absolute atomic E-state index is 0.125. The maximum atomic E-state index is 13.9. The SMILES string of the molecule is CC(C)Oc1cc(F)ccc1-c1cccc2cnc(-c3ccccc3C(=O)O)nc12. The van der Waals surface area contributed by atoms with Gasteiger partial charge in [0.1, 0.15) is 11.6 Å². The molecule has 0 atom stereocenters. The van der Waals surface area contributed by atoms with Crippen molar-refractivity contribution in [1.29, 1.82) is 0 Å². The fourth-order valence-corrected chi connectivity index (χ4v) is 3.34. The highest BCUT2D eigenvalue weighted by Crippen LogP contribution is 2.36. The molecular formula is C24H19FN2O3.